The summed E-state index contributed by atoms with van der Waals surface area (Å²) in [5.74, 6) is 0.878. The molecule has 0 spiro atoms. The number of nitrogen functional groups attached to an aromatic ring is 1. The lowest BCUT2D eigenvalue weighted by Gasteiger charge is -2.12. The molecule has 5 rings (SSSR count). The molecule has 3 N–H and O–H groups in total. The third-order valence-corrected chi connectivity index (χ3v) is 6.57. The highest BCUT2D eigenvalue weighted by Gasteiger charge is 2.18. The van der Waals surface area contributed by atoms with Crippen molar-refractivity contribution in [1.29, 1.82) is 0 Å². The van der Waals surface area contributed by atoms with Crippen molar-refractivity contribution in [2.24, 2.45) is 0 Å². The number of aromatic nitrogens is 6. The molecule has 0 aliphatic heterocycles. The molecule has 0 atom stereocenters. The zero-order chi connectivity index (χ0) is 25.4. The number of para-hydroxylation sites is 1. The number of fused-ring (bicyclic) bond motifs is 2. The Morgan fingerprint density at radius 3 is 2.53 bits per heavy atom. The lowest BCUT2D eigenvalue weighted by atomic mass is 10.2. The first-order valence-electron chi connectivity index (χ1n) is 12.4. The van der Waals surface area contributed by atoms with Crippen molar-refractivity contribution in [2.75, 3.05) is 11.1 Å². The van der Waals surface area contributed by atoms with E-state index in [9.17, 15) is 4.79 Å². The van der Waals surface area contributed by atoms with Crippen molar-refractivity contribution >= 4 is 39.9 Å². The van der Waals surface area contributed by atoms with Crippen LogP contribution < -0.4 is 11.1 Å². The number of aryl methyl sites for hydroxylation is 6. The molecule has 0 unspecified atom stereocenters. The van der Waals surface area contributed by atoms with Gasteiger partial charge in [0, 0.05) is 19.6 Å². The number of nitrogens with one attached hydrogen (secondary N) is 1. The maximum absolute atomic E-state index is 13.1. The molecule has 0 bridgehead atoms. The minimum atomic E-state index is -0.209. The van der Waals surface area contributed by atoms with Crippen LogP contribution in [-0.4, -0.2) is 34.8 Å². The fraction of sp³-hybridized carbons (Fsp3) is 0.333. The molecule has 0 radical (unpaired) electrons. The average molecular weight is 485 g/mol. The molecule has 3 heterocycles. The topological polar surface area (TPSA) is 109 Å². The molecule has 2 aromatic carbocycles. The zero-order valence-corrected chi connectivity index (χ0v) is 21.2. The second-order valence-electron chi connectivity index (χ2n) is 9.29. The number of carbonyl (C=O) groups excluding carboxylic acids is 1. The molecular weight excluding hydrogens is 452 g/mol. The van der Waals surface area contributed by atoms with Crippen LogP contribution >= 0.6 is 0 Å². The Kier molecular flexibility index (Phi) is 6.22. The highest BCUT2D eigenvalue weighted by atomic mass is 16.2. The number of nitrogens with zero attached hydrogens (tertiary/aromatic N) is 6. The summed E-state index contributed by atoms with van der Waals surface area (Å²) in [5.41, 5.74) is 13.7. The van der Waals surface area contributed by atoms with Gasteiger partial charge in [0.2, 0.25) is 11.9 Å². The summed E-state index contributed by atoms with van der Waals surface area (Å²) in [6.07, 6.45) is 1.80. The van der Waals surface area contributed by atoms with E-state index >= 15 is 0 Å². The second kappa shape index (κ2) is 9.49. The predicted octanol–water partition coefficient (Wildman–Crippen LogP) is 4.84. The molecule has 0 fully saturated rings. The number of hydrogen-bond acceptors (Lipinski definition) is 5. The van der Waals surface area contributed by atoms with Crippen molar-refractivity contribution in [3.63, 3.8) is 0 Å². The summed E-state index contributed by atoms with van der Waals surface area (Å²) >= 11 is 0. The summed E-state index contributed by atoms with van der Waals surface area (Å²) < 4.78 is 5.90. The Hall–Kier alpha value is -4.14. The number of anilines is 2. The molecule has 3 aromatic heterocycles. The standard InChI is InChI=1S/C27H32N8O/c1-5-35-23(16-19(4)32-35)25(36)31-27-30-21-15-17(2)11-12-22(21)33(27)13-6-7-14-34-24-18(3)9-8-10-20(24)29-26(34)28/h8-12,15-16H,5-7,13-14H2,1-4H3,(H2,28,29)(H,30,31,36). The molecule has 0 saturated carbocycles. The van der Waals surface area contributed by atoms with E-state index in [-0.39, 0.29) is 5.91 Å². The van der Waals surface area contributed by atoms with Crippen LogP contribution in [0, 0.1) is 20.8 Å². The van der Waals surface area contributed by atoms with Crippen molar-refractivity contribution in [1.82, 2.24) is 28.9 Å². The van der Waals surface area contributed by atoms with E-state index in [4.69, 9.17) is 10.7 Å². The van der Waals surface area contributed by atoms with Crippen LogP contribution in [-0.2, 0) is 19.6 Å². The van der Waals surface area contributed by atoms with Gasteiger partial charge in [-0.05, 0) is 75.9 Å². The molecule has 9 nitrogen and oxygen atoms in total. The third-order valence-electron chi connectivity index (χ3n) is 6.57. The number of unbranched alkanes of at least 4 members (excludes halogenated alkanes) is 1. The van der Waals surface area contributed by atoms with Crippen LogP contribution in [0.25, 0.3) is 22.1 Å². The van der Waals surface area contributed by atoms with E-state index in [1.165, 1.54) is 5.56 Å². The highest BCUT2D eigenvalue weighted by molar-refractivity contribution is 6.03. The predicted molar refractivity (Wildman–Crippen MR) is 143 cm³/mol. The van der Waals surface area contributed by atoms with E-state index < -0.39 is 0 Å². The van der Waals surface area contributed by atoms with Gasteiger partial charge in [0.05, 0.1) is 27.8 Å². The summed E-state index contributed by atoms with van der Waals surface area (Å²) in [6, 6.07) is 14.1. The number of nitrogens with two attached hydrogens (primary N) is 1. The molecule has 0 saturated heterocycles. The average Bonchev–Trinajstić information content (AvgIpc) is 3.49. The highest BCUT2D eigenvalue weighted by Crippen LogP contribution is 2.24. The lowest BCUT2D eigenvalue weighted by molar-refractivity contribution is 0.101. The molecule has 0 aliphatic carbocycles. The largest absolute Gasteiger partial charge is 0.369 e. The van der Waals surface area contributed by atoms with Crippen LogP contribution in [0.5, 0.6) is 0 Å². The Bertz CT molecular complexity index is 1570. The lowest BCUT2D eigenvalue weighted by Crippen LogP contribution is -2.20. The quantitative estimate of drug-likeness (QED) is 0.306. The van der Waals surface area contributed by atoms with Crippen molar-refractivity contribution < 1.29 is 4.79 Å². The smallest absolute Gasteiger partial charge is 0.276 e. The van der Waals surface area contributed by atoms with E-state index in [0.29, 0.717) is 30.7 Å². The Morgan fingerprint density at radius 2 is 1.75 bits per heavy atom. The number of benzene rings is 2. The monoisotopic (exact) mass is 484 g/mol. The maximum Gasteiger partial charge on any atom is 0.276 e. The van der Waals surface area contributed by atoms with Crippen LogP contribution in [0.3, 0.4) is 0 Å². The van der Waals surface area contributed by atoms with Crippen LogP contribution in [0.4, 0.5) is 11.9 Å². The van der Waals surface area contributed by atoms with Gasteiger partial charge in [0.25, 0.3) is 5.91 Å². The first kappa shape index (κ1) is 23.6. The van der Waals surface area contributed by atoms with Gasteiger partial charge < -0.3 is 14.9 Å². The summed E-state index contributed by atoms with van der Waals surface area (Å²) in [4.78, 5) is 22.4. The van der Waals surface area contributed by atoms with Gasteiger partial charge in [-0.1, -0.05) is 18.2 Å². The summed E-state index contributed by atoms with van der Waals surface area (Å²) in [7, 11) is 0. The van der Waals surface area contributed by atoms with E-state index in [0.717, 1.165) is 52.7 Å². The van der Waals surface area contributed by atoms with Gasteiger partial charge in [0.15, 0.2) is 0 Å². The molecule has 36 heavy (non-hydrogen) atoms. The van der Waals surface area contributed by atoms with Gasteiger partial charge in [-0.25, -0.2) is 9.97 Å². The van der Waals surface area contributed by atoms with Crippen LogP contribution in [0.2, 0.25) is 0 Å². The Morgan fingerprint density at radius 1 is 0.972 bits per heavy atom. The number of carbonyl (C=O) groups is 1. The molecular formula is C27H32N8O. The van der Waals surface area contributed by atoms with Crippen molar-refractivity contribution in [3.05, 3.63) is 65.0 Å². The SMILES string of the molecule is CCn1nc(C)cc1C(=O)Nc1nc2cc(C)ccc2n1CCCCn1c(N)nc2cccc(C)c21. The van der Waals surface area contributed by atoms with E-state index in [1.54, 1.807) is 10.7 Å². The van der Waals surface area contributed by atoms with Crippen LogP contribution in [0.1, 0.15) is 47.1 Å². The summed E-state index contributed by atoms with van der Waals surface area (Å²) in [6.45, 7) is 10.1. The van der Waals surface area contributed by atoms with Gasteiger partial charge in [-0.2, -0.15) is 5.10 Å². The van der Waals surface area contributed by atoms with Crippen molar-refractivity contribution in [3.8, 4) is 0 Å². The number of rotatable bonds is 8. The van der Waals surface area contributed by atoms with E-state index in [1.807, 2.05) is 39.0 Å². The minimum absolute atomic E-state index is 0.209. The third kappa shape index (κ3) is 4.32. The number of amides is 1. The first-order chi connectivity index (χ1) is 17.4. The Balaban J connectivity index is 1.37. The molecule has 0 aliphatic rings. The maximum atomic E-state index is 13.1. The molecule has 186 valence electrons. The second-order valence-corrected chi connectivity index (χ2v) is 9.29. The van der Waals surface area contributed by atoms with Crippen LogP contribution in [0.15, 0.2) is 42.5 Å². The van der Waals surface area contributed by atoms with E-state index in [2.05, 4.69) is 49.7 Å². The zero-order valence-electron chi connectivity index (χ0n) is 21.2. The van der Waals surface area contributed by atoms with Gasteiger partial charge in [-0.15, -0.1) is 0 Å². The first-order valence-corrected chi connectivity index (χ1v) is 12.4. The van der Waals surface area contributed by atoms with Crippen molar-refractivity contribution in [2.45, 2.75) is 60.2 Å². The fourth-order valence-corrected chi connectivity index (χ4v) is 4.85. The minimum Gasteiger partial charge on any atom is -0.369 e. The summed E-state index contributed by atoms with van der Waals surface area (Å²) in [5, 5.41) is 7.44. The van der Waals surface area contributed by atoms with Gasteiger partial charge in [0.1, 0.15) is 5.69 Å². The normalized spacial score (nSPS) is 11.6. The number of hydrogen-bond donors (Lipinski definition) is 2. The van der Waals surface area contributed by atoms with Gasteiger partial charge in [-0.3, -0.25) is 14.8 Å². The van der Waals surface area contributed by atoms with Gasteiger partial charge >= 0.3 is 0 Å². The number of imidazole rings is 2. The molecule has 9 heteroatoms. The molecule has 5 aromatic rings. The Labute approximate surface area is 209 Å². The molecule has 1 amide bonds. The fourth-order valence-electron chi connectivity index (χ4n) is 4.85.